The molecule has 0 spiro atoms. The minimum absolute atomic E-state index is 0.246. The van der Waals surface area contributed by atoms with E-state index in [1.165, 1.54) is 0 Å². The predicted molar refractivity (Wildman–Crippen MR) is 86.6 cm³/mol. The molecule has 0 saturated heterocycles. The maximum Gasteiger partial charge on any atom is 0.303 e. The number of aliphatic carboxylic acids is 1. The molecule has 0 aliphatic carbocycles. The standard InChI is InChI=1S/C15H22N2O2S/c1-17(2)13-9-7-12(8-10-13)15(20)16-11-5-3-4-6-14(18)19/h7-10H,3-6,11H2,1-2H3,(H,16,20)(H,18,19). The van der Waals surface area contributed by atoms with Crippen LogP contribution in [0.25, 0.3) is 0 Å². The Bertz CT molecular complexity index is 444. The lowest BCUT2D eigenvalue weighted by Gasteiger charge is -2.13. The molecular weight excluding hydrogens is 272 g/mol. The number of carboxylic acids is 1. The van der Waals surface area contributed by atoms with E-state index in [9.17, 15) is 4.79 Å². The number of carbonyl (C=O) groups is 1. The number of nitrogens with one attached hydrogen (secondary N) is 1. The van der Waals surface area contributed by atoms with Gasteiger partial charge in [-0.15, -0.1) is 0 Å². The fourth-order valence-corrected chi connectivity index (χ4v) is 2.03. The minimum atomic E-state index is -0.727. The molecule has 20 heavy (non-hydrogen) atoms. The van der Waals surface area contributed by atoms with Gasteiger partial charge in [-0.25, -0.2) is 0 Å². The number of nitrogens with zero attached hydrogens (tertiary/aromatic N) is 1. The summed E-state index contributed by atoms with van der Waals surface area (Å²) in [5.41, 5.74) is 2.15. The van der Waals surface area contributed by atoms with Crippen LogP contribution in [-0.2, 0) is 4.79 Å². The molecule has 110 valence electrons. The zero-order valence-electron chi connectivity index (χ0n) is 12.1. The van der Waals surface area contributed by atoms with Gasteiger partial charge in [0.05, 0.1) is 0 Å². The van der Waals surface area contributed by atoms with Crippen molar-refractivity contribution in [1.29, 1.82) is 0 Å². The van der Waals surface area contributed by atoms with E-state index >= 15 is 0 Å². The van der Waals surface area contributed by atoms with Crippen LogP contribution in [0.4, 0.5) is 5.69 Å². The molecular formula is C15H22N2O2S. The highest BCUT2D eigenvalue weighted by atomic mass is 32.1. The maximum atomic E-state index is 10.4. The van der Waals surface area contributed by atoms with Crippen LogP contribution in [0.5, 0.6) is 0 Å². The van der Waals surface area contributed by atoms with E-state index in [1.807, 2.05) is 43.3 Å². The smallest absolute Gasteiger partial charge is 0.303 e. The van der Waals surface area contributed by atoms with Crippen molar-refractivity contribution in [3.05, 3.63) is 29.8 Å². The number of hydrogen-bond donors (Lipinski definition) is 2. The van der Waals surface area contributed by atoms with E-state index in [4.69, 9.17) is 17.3 Å². The number of benzene rings is 1. The molecule has 0 heterocycles. The van der Waals surface area contributed by atoms with Gasteiger partial charge in [-0.05, 0) is 37.1 Å². The number of carboxylic acid groups (broad SMARTS) is 1. The van der Waals surface area contributed by atoms with Gasteiger partial charge in [0.1, 0.15) is 4.99 Å². The van der Waals surface area contributed by atoms with Gasteiger partial charge >= 0.3 is 5.97 Å². The highest BCUT2D eigenvalue weighted by Gasteiger charge is 2.02. The zero-order chi connectivity index (χ0) is 15.0. The average molecular weight is 294 g/mol. The van der Waals surface area contributed by atoms with Crippen molar-refractivity contribution in [2.75, 3.05) is 25.5 Å². The molecule has 5 heteroatoms. The molecule has 1 aromatic rings. The molecule has 1 aromatic carbocycles. The third-order valence-electron chi connectivity index (χ3n) is 3.00. The Hall–Kier alpha value is -1.62. The van der Waals surface area contributed by atoms with Crippen molar-refractivity contribution in [2.24, 2.45) is 0 Å². The van der Waals surface area contributed by atoms with Crippen LogP contribution in [0.15, 0.2) is 24.3 Å². The lowest BCUT2D eigenvalue weighted by molar-refractivity contribution is -0.137. The van der Waals surface area contributed by atoms with Gasteiger partial charge in [-0.2, -0.15) is 0 Å². The highest BCUT2D eigenvalue weighted by molar-refractivity contribution is 7.80. The monoisotopic (exact) mass is 294 g/mol. The van der Waals surface area contributed by atoms with Crippen LogP contribution in [-0.4, -0.2) is 36.7 Å². The van der Waals surface area contributed by atoms with Crippen LogP contribution in [0.3, 0.4) is 0 Å². The molecule has 0 aliphatic rings. The summed E-state index contributed by atoms with van der Waals surface area (Å²) in [6.45, 7) is 0.786. The molecule has 0 saturated carbocycles. The van der Waals surface area contributed by atoms with Crippen LogP contribution >= 0.6 is 12.2 Å². The lowest BCUT2D eigenvalue weighted by Crippen LogP contribution is -2.23. The van der Waals surface area contributed by atoms with Crippen LogP contribution in [0, 0.1) is 0 Å². The predicted octanol–water partition coefficient (Wildman–Crippen LogP) is 2.66. The van der Waals surface area contributed by atoms with E-state index < -0.39 is 5.97 Å². The Labute approximate surface area is 125 Å². The normalized spacial score (nSPS) is 10.1. The second-order valence-electron chi connectivity index (χ2n) is 4.90. The van der Waals surface area contributed by atoms with Gasteiger partial charge in [-0.1, -0.05) is 18.6 Å². The number of unbranched alkanes of at least 4 members (excludes halogenated alkanes) is 2. The average Bonchev–Trinajstić information content (AvgIpc) is 2.42. The molecule has 1 rings (SSSR count). The summed E-state index contributed by atoms with van der Waals surface area (Å²) in [5.74, 6) is -0.727. The molecule has 0 radical (unpaired) electrons. The SMILES string of the molecule is CN(C)c1ccc(C(=S)NCCCCCC(=O)O)cc1. The topological polar surface area (TPSA) is 52.6 Å². The van der Waals surface area contributed by atoms with Crippen molar-refractivity contribution in [3.8, 4) is 0 Å². The van der Waals surface area contributed by atoms with Crippen molar-refractivity contribution >= 4 is 28.9 Å². The summed E-state index contributed by atoms with van der Waals surface area (Å²) in [4.78, 5) is 13.1. The molecule has 0 aromatic heterocycles. The van der Waals surface area contributed by atoms with E-state index in [0.29, 0.717) is 0 Å². The van der Waals surface area contributed by atoms with Gasteiger partial charge in [-0.3, -0.25) is 4.79 Å². The molecule has 0 bridgehead atoms. The van der Waals surface area contributed by atoms with Crippen molar-refractivity contribution < 1.29 is 9.90 Å². The Morgan fingerprint density at radius 3 is 2.40 bits per heavy atom. The Morgan fingerprint density at radius 1 is 1.20 bits per heavy atom. The summed E-state index contributed by atoms with van der Waals surface area (Å²) in [6.07, 6.45) is 2.81. The van der Waals surface area contributed by atoms with E-state index in [-0.39, 0.29) is 6.42 Å². The van der Waals surface area contributed by atoms with Gasteiger partial charge in [0.25, 0.3) is 0 Å². The first kappa shape index (κ1) is 16.4. The quantitative estimate of drug-likeness (QED) is 0.570. The number of rotatable bonds is 8. The second kappa shape index (κ2) is 8.53. The number of thiocarbonyl (C=S) groups is 1. The van der Waals surface area contributed by atoms with Crippen LogP contribution < -0.4 is 10.2 Å². The van der Waals surface area contributed by atoms with Gasteiger partial charge in [0.15, 0.2) is 0 Å². The summed E-state index contributed by atoms with van der Waals surface area (Å²) in [6, 6.07) is 8.09. The van der Waals surface area contributed by atoms with E-state index in [0.717, 1.165) is 42.0 Å². The Kier molecular flexibility index (Phi) is 7.01. The molecule has 0 fully saturated rings. The first-order valence-electron chi connectivity index (χ1n) is 6.78. The molecule has 2 N–H and O–H groups in total. The lowest BCUT2D eigenvalue weighted by atomic mass is 10.1. The fourth-order valence-electron chi connectivity index (χ4n) is 1.79. The van der Waals surface area contributed by atoms with Crippen molar-refractivity contribution in [3.63, 3.8) is 0 Å². The third kappa shape index (κ3) is 6.02. The van der Waals surface area contributed by atoms with Crippen LogP contribution in [0.1, 0.15) is 31.2 Å². The molecule has 0 aliphatic heterocycles. The van der Waals surface area contributed by atoms with Gasteiger partial charge in [0, 0.05) is 38.3 Å². The van der Waals surface area contributed by atoms with Crippen molar-refractivity contribution in [1.82, 2.24) is 5.32 Å². The molecule has 4 nitrogen and oxygen atoms in total. The van der Waals surface area contributed by atoms with Crippen molar-refractivity contribution in [2.45, 2.75) is 25.7 Å². The Morgan fingerprint density at radius 2 is 1.85 bits per heavy atom. The zero-order valence-corrected chi connectivity index (χ0v) is 12.9. The molecule has 0 amide bonds. The highest BCUT2D eigenvalue weighted by Crippen LogP contribution is 2.12. The fraction of sp³-hybridized carbons (Fsp3) is 0.467. The maximum absolute atomic E-state index is 10.4. The summed E-state index contributed by atoms with van der Waals surface area (Å²) in [7, 11) is 4.01. The minimum Gasteiger partial charge on any atom is -0.481 e. The number of anilines is 1. The van der Waals surface area contributed by atoms with Gasteiger partial charge < -0.3 is 15.3 Å². The molecule has 0 unspecified atom stereocenters. The second-order valence-corrected chi connectivity index (χ2v) is 5.31. The summed E-state index contributed by atoms with van der Waals surface area (Å²) in [5, 5.41) is 11.7. The van der Waals surface area contributed by atoms with E-state index in [1.54, 1.807) is 0 Å². The first-order valence-corrected chi connectivity index (χ1v) is 7.19. The molecule has 0 atom stereocenters. The van der Waals surface area contributed by atoms with E-state index in [2.05, 4.69) is 5.32 Å². The van der Waals surface area contributed by atoms with Crippen LogP contribution in [0.2, 0.25) is 0 Å². The van der Waals surface area contributed by atoms with Gasteiger partial charge in [0.2, 0.25) is 0 Å². The summed E-state index contributed by atoms with van der Waals surface area (Å²) < 4.78 is 0. The summed E-state index contributed by atoms with van der Waals surface area (Å²) >= 11 is 5.33. The largest absolute Gasteiger partial charge is 0.481 e. The third-order valence-corrected chi connectivity index (χ3v) is 3.38. The first-order chi connectivity index (χ1) is 9.50. The number of hydrogen-bond acceptors (Lipinski definition) is 3. The Balaban J connectivity index is 2.27.